The van der Waals surface area contributed by atoms with Gasteiger partial charge in [0.25, 0.3) is 0 Å². The molecule has 158 valence electrons. The Kier molecular flexibility index (Phi) is 7.03. The molecule has 0 unspecified atom stereocenters. The predicted molar refractivity (Wildman–Crippen MR) is 118 cm³/mol. The van der Waals surface area contributed by atoms with Crippen LogP contribution in [0, 0.1) is 0 Å². The molecule has 0 aliphatic carbocycles. The van der Waals surface area contributed by atoms with Crippen molar-refractivity contribution in [2.24, 2.45) is 0 Å². The highest BCUT2D eigenvalue weighted by Crippen LogP contribution is 2.29. The first kappa shape index (κ1) is 21.3. The molecule has 1 heterocycles. The van der Waals surface area contributed by atoms with Gasteiger partial charge in [-0.2, -0.15) is 4.98 Å². The zero-order chi connectivity index (χ0) is 21.5. The van der Waals surface area contributed by atoms with Crippen molar-refractivity contribution in [1.82, 2.24) is 15.4 Å². The first-order valence-corrected chi connectivity index (χ1v) is 9.82. The topological polar surface area (TPSA) is 99.6 Å². The van der Waals surface area contributed by atoms with Gasteiger partial charge in [-0.25, -0.2) is 10.5 Å². The summed E-state index contributed by atoms with van der Waals surface area (Å²) in [5.74, 6) is 1.83. The molecule has 0 aliphatic rings. The van der Waals surface area contributed by atoms with E-state index in [0.717, 1.165) is 40.0 Å². The van der Waals surface area contributed by atoms with Gasteiger partial charge in [-0.15, -0.1) is 0 Å². The van der Waals surface area contributed by atoms with Gasteiger partial charge >= 0.3 is 0 Å². The van der Waals surface area contributed by atoms with Crippen LogP contribution in [0.15, 0.2) is 42.5 Å². The maximum Gasteiger partial charge on any atom is 0.243 e. The lowest BCUT2D eigenvalue weighted by Crippen LogP contribution is -2.18. The fourth-order valence-corrected chi connectivity index (χ4v) is 3.09. The monoisotopic (exact) mass is 409 g/mol. The Morgan fingerprint density at radius 2 is 1.80 bits per heavy atom. The number of rotatable bonds is 9. The Bertz CT molecular complexity index is 1010. The minimum absolute atomic E-state index is 0.289. The Labute approximate surface area is 175 Å². The molecule has 3 rings (SSSR count). The SMILES string of the molecule is COc1ccc(-c2ccc3c(NCCCCC(=O)NO)nc(N(C)C)nc3c2)cc1. The minimum Gasteiger partial charge on any atom is -0.497 e. The average molecular weight is 409 g/mol. The number of hydrogen-bond donors (Lipinski definition) is 3. The first-order chi connectivity index (χ1) is 14.5. The standard InChI is InChI=1S/C22H27N5O3/c1-27(2)22-24-19-14-16(15-7-10-17(30-3)11-8-15)9-12-18(19)21(25-22)23-13-5-4-6-20(28)26-29/h7-12,14,29H,4-6,13H2,1-3H3,(H,26,28)(H,23,24,25). The van der Waals surface area contributed by atoms with E-state index in [1.54, 1.807) is 12.6 Å². The van der Waals surface area contributed by atoms with E-state index in [1.165, 1.54) is 0 Å². The molecule has 0 aliphatic heterocycles. The number of ether oxygens (including phenoxy) is 1. The van der Waals surface area contributed by atoms with Crippen LogP contribution in [0.4, 0.5) is 11.8 Å². The second-order valence-corrected chi connectivity index (χ2v) is 7.15. The van der Waals surface area contributed by atoms with E-state index < -0.39 is 0 Å². The number of aromatic nitrogens is 2. The van der Waals surface area contributed by atoms with Crippen LogP contribution in [0.1, 0.15) is 19.3 Å². The normalized spacial score (nSPS) is 10.7. The molecule has 0 saturated heterocycles. The van der Waals surface area contributed by atoms with Gasteiger partial charge in [0.05, 0.1) is 12.6 Å². The number of carbonyl (C=O) groups excluding carboxylic acids is 1. The molecule has 8 heteroatoms. The lowest BCUT2D eigenvalue weighted by Gasteiger charge is -2.15. The second-order valence-electron chi connectivity index (χ2n) is 7.15. The van der Waals surface area contributed by atoms with E-state index in [2.05, 4.69) is 22.4 Å². The van der Waals surface area contributed by atoms with Crippen LogP contribution in [0.3, 0.4) is 0 Å². The fraction of sp³-hybridized carbons (Fsp3) is 0.318. The van der Waals surface area contributed by atoms with Crippen molar-refractivity contribution in [1.29, 1.82) is 0 Å². The molecule has 8 nitrogen and oxygen atoms in total. The third kappa shape index (κ3) is 5.15. The van der Waals surface area contributed by atoms with Crippen LogP contribution >= 0.6 is 0 Å². The molecule has 1 amide bonds. The average Bonchev–Trinajstić information content (AvgIpc) is 2.77. The molecule has 3 N–H and O–H groups in total. The summed E-state index contributed by atoms with van der Waals surface area (Å²) in [4.78, 5) is 22.3. The van der Waals surface area contributed by atoms with E-state index in [1.807, 2.05) is 49.3 Å². The lowest BCUT2D eigenvalue weighted by molar-refractivity contribution is -0.129. The largest absolute Gasteiger partial charge is 0.497 e. The third-order valence-corrected chi connectivity index (χ3v) is 4.76. The summed E-state index contributed by atoms with van der Waals surface area (Å²) in [6.45, 7) is 0.665. The number of hydrogen-bond acceptors (Lipinski definition) is 7. The van der Waals surface area contributed by atoms with E-state index in [4.69, 9.17) is 14.9 Å². The van der Waals surface area contributed by atoms with E-state index in [-0.39, 0.29) is 12.3 Å². The van der Waals surface area contributed by atoms with Gasteiger partial charge in [0.1, 0.15) is 11.6 Å². The van der Waals surface area contributed by atoms with Gasteiger partial charge in [-0.05, 0) is 48.2 Å². The third-order valence-electron chi connectivity index (χ3n) is 4.76. The van der Waals surface area contributed by atoms with Crippen LogP contribution in [0.25, 0.3) is 22.0 Å². The van der Waals surface area contributed by atoms with Crippen molar-refractivity contribution < 1.29 is 14.7 Å². The lowest BCUT2D eigenvalue weighted by atomic mass is 10.0. The summed E-state index contributed by atoms with van der Waals surface area (Å²) in [7, 11) is 5.47. The van der Waals surface area contributed by atoms with Crippen LogP contribution in [0.5, 0.6) is 5.75 Å². The Morgan fingerprint density at radius 3 is 2.47 bits per heavy atom. The van der Waals surface area contributed by atoms with Crippen LogP contribution in [0.2, 0.25) is 0 Å². The fourth-order valence-electron chi connectivity index (χ4n) is 3.09. The molecule has 30 heavy (non-hydrogen) atoms. The summed E-state index contributed by atoms with van der Waals surface area (Å²) >= 11 is 0. The van der Waals surface area contributed by atoms with Crippen molar-refractivity contribution in [2.45, 2.75) is 19.3 Å². The van der Waals surface area contributed by atoms with Gasteiger partial charge in [-0.1, -0.05) is 18.2 Å². The molecule has 0 fully saturated rings. The van der Waals surface area contributed by atoms with Gasteiger partial charge in [0, 0.05) is 32.4 Å². The molecular weight excluding hydrogens is 382 g/mol. The molecule has 2 aromatic carbocycles. The smallest absolute Gasteiger partial charge is 0.243 e. The number of hydroxylamine groups is 1. The van der Waals surface area contributed by atoms with Crippen LogP contribution in [-0.4, -0.2) is 48.8 Å². The molecule has 0 atom stereocenters. The highest BCUT2D eigenvalue weighted by atomic mass is 16.5. The quantitative estimate of drug-likeness (QED) is 0.283. The molecule has 1 aromatic heterocycles. The predicted octanol–water partition coefficient (Wildman–Crippen LogP) is 3.46. The van der Waals surface area contributed by atoms with E-state index in [0.29, 0.717) is 18.9 Å². The number of nitrogens with zero attached hydrogens (tertiary/aromatic N) is 3. The molecule has 0 radical (unpaired) electrons. The number of unbranched alkanes of at least 4 members (excludes halogenated alkanes) is 1. The maximum absolute atomic E-state index is 11.1. The summed E-state index contributed by atoms with van der Waals surface area (Å²) < 4.78 is 5.24. The molecule has 3 aromatic rings. The number of nitrogens with one attached hydrogen (secondary N) is 2. The van der Waals surface area contributed by atoms with E-state index >= 15 is 0 Å². The number of anilines is 2. The van der Waals surface area contributed by atoms with Crippen molar-refractivity contribution >= 4 is 28.6 Å². The minimum atomic E-state index is -0.372. The summed E-state index contributed by atoms with van der Waals surface area (Å²) in [6, 6.07) is 14.1. The zero-order valence-corrected chi connectivity index (χ0v) is 17.5. The summed E-state index contributed by atoms with van der Waals surface area (Å²) in [5, 5.41) is 12.9. The van der Waals surface area contributed by atoms with Gasteiger partial charge in [0.15, 0.2) is 0 Å². The van der Waals surface area contributed by atoms with E-state index in [9.17, 15) is 4.79 Å². The summed E-state index contributed by atoms with van der Waals surface area (Å²) in [6.07, 6.45) is 1.74. The van der Waals surface area contributed by atoms with Crippen molar-refractivity contribution in [3.05, 3.63) is 42.5 Å². The summed E-state index contributed by atoms with van der Waals surface area (Å²) in [5.41, 5.74) is 4.65. The molecule has 0 bridgehead atoms. The number of carbonyl (C=O) groups is 1. The molecule has 0 spiro atoms. The first-order valence-electron chi connectivity index (χ1n) is 9.82. The van der Waals surface area contributed by atoms with Gasteiger partial charge < -0.3 is 15.0 Å². The number of benzene rings is 2. The second kappa shape index (κ2) is 9.89. The Balaban J connectivity index is 1.84. The highest BCUT2D eigenvalue weighted by molar-refractivity contribution is 5.93. The van der Waals surface area contributed by atoms with Gasteiger partial charge in [-0.3, -0.25) is 10.0 Å². The molecular formula is C22H27N5O3. The zero-order valence-electron chi connectivity index (χ0n) is 17.5. The Hall–Kier alpha value is -3.39. The Morgan fingerprint density at radius 1 is 1.07 bits per heavy atom. The number of fused-ring (bicyclic) bond motifs is 1. The van der Waals surface area contributed by atoms with Gasteiger partial charge in [0.2, 0.25) is 11.9 Å². The number of methoxy groups -OCH3 is 1. The highest BCUT2D eigenvalue weighted by Gasteiger charge is 2.11. The van der Waals surface area contributed by atoms with Crippen LogP contribution < -0.4 is 20.4 Å². The van der Waals surface area contributed by atoms with Crippen LogP contribution in [-0.2, 0) is 4.79 Å². The molecule has 0 saturated carbocycles. The van der Waals surface area contributed by atoms with Crippen molar-refractivity contribution in [2.75, 3.05) is 38.0 Å². The maximum atomic E-state index is 11.1. The van der Waals surface area contributed by atoms with Crippen molar-refractivity contribution in [3.8, 4) is 16.9 Å². The number of amides is 1. The van der Waals surface area contributed by atoms with Crippen molar-refractivity contribution in [3.63, 3.8) is 0 Å².